The Balaban J connectivity index is 1.78. The van der Waals surface area contributed by atoms with Crippen LogP contribution in [-0.4, -0.2) is 49.0 Å². The first-order valence-electron chi connectivity index (χ1n) is 10.8. The van der Waals surface area contributed by atoms with E-state index in [-0.39, 0.29) is 17.7 Å². The number of carbonyl (C=O) groups excluding carboxylic acids is 1. The Labute approximate surface area is 212 Å². The van der Waals surface area contributed by atoms with Crippen LogP contribution >= 0.6 is 23.2 Å². The van der Waals surface area contributed by atoms with Crippen LogP contribution in [0.1, 0.15) is 18.4 Å². The van der Waals surface area contributed by atoms with E-state index in [4.69, 9.17) is 29.0 Å². The van der Waals surface area contributed by atoms with E-state index >= 15 is 0 Å². The molecular weight excluding hydrogens is 502 g/mol. The molecule has 0 spiro atoms. The number of amides is 1. The van der Waals surface area contributed by atoms with E-state index in [1.807, 2.05) is 6.07 Å². The van der Waals surface area contributed by atoms with Gasteiger partial charge in [0.25, 0.3) is 5.91 Å². The van der Waals surface area contributed by atoms with Crippen LogP contribution in [-0.2, 0) is 4.79 Å². The molecule has 0 aromatic heterocycles. The first-order valence-corrected chi connectivity index (χ1v) is 11.5. The minimum absolute atomic E-state index is 0.0553. The number of allylic oxidation sites excluding steroid dienone is 4. The summed E-state index contributed by atoms with van der Waals surface area (Å²) in [4.78, 5) is 14.9. The lowest BCUT2D eigenvalue weighted by atomic mass is 9.89. The van der Waals surface area contributed by atoms with Crippen molar-refractivity contribution in [2.45, 2.75) is 25.2 Å². The average molecular weight is 528 g/mol. The Morgan fingerprint density at radius 1 is 1.34 bits per heavy atom. The quantitative estimate of drug-likeness (QED) is 0.160. The molecule has 3 rings (SSSR count). The van der Waals surface area contributed by atoms with Gasteiger partial charge >= 0.3 is 6.18 Å². The number of benzene rings is 1. The van der Waals surface area contributed by atoms with Gasteiger partial charge in [0.1, 0.15) is 0 Å². The number of nitrogens with one attached hydrogen (secondary N) is 2. The summed E-state index contributed by atoms with van der Waals surface area (Å²) in [5, 5.41) is 10.3. The molecule has 35 heavy (non-hydrogen) atoms. The number of rotatable bonds is 7. The molecule has 1 aromatic carbocycles. The standard InChI is InChI=1S/C24H26Cl2F3N5O/c1-14(2)7-16(10-33-30)23(35)34-12-17(19(13-34)15-3-5-20(25)21(26)8-15)9-31-22-6-4-18(11-32-22)24(27,28)29/h3-8,10-11,17,19,22,31-32H,1,9,12-13,30H2,2H3/b16-7+,33-10-/t17-,19+,22?/m0/s1. The van der Waals surface area contributed by atoms with Crippen molar-refractivity contribution in [3.05, 3.63) is 81.5 Å². The number of halogens is 5. The maximum atomic E-state index is 13.2. The van der Waals surface area contributed by atoms with Crippen molar-refractivity contribution in [1.82, 2.24) is 15.5 Å². The number of nitrogens with zero attached hydrogens (tertiary/aromatic N) is 2. The highest BCUT2D eigenvalue weighted by atomic mass is 35.5. The molecular formula is C24H26Cl2F3N5O. The highest BCUT2D eigenvalue weighted by Gasteiger charge is 2.37. The summed E-state index contributed by atoms with van der Waals surface area (Å²) in [5.74, 6) is 4.90. The molecule has 3 atom stereocenters. The number of alkyl halides is 3. The third-order valence-corrected chi connectivity index (χ3v) is 6.52. The summed E-state index contributed by atoms with van der Waals surface area (Å²) >= 11 is 12.3. The van der Waals surface area contributed by atoms with Gasteiger partial charge in [0, 0.05) is 31.8 Å². The Morgan fingerprint density at radius 2 is 2.09 bits per heavy atom. The molecule has 6 nitrogen and oxygen atoms in total. The molecule has 188 valence electrons. The minimum atomic E-state index is -4.42. The molecule has 2 heterocycles. The average Bonchev–Trinajstić information content (AvgIpc) is 3.22. The Hall–Kier alpha value is -2.75. The lowest BCUT2D eigenvalue weighted by Gasteiger charge is -2.25. The summed E-state index contributed by atoms with van der Waals surface area (Å²) in [6.07, 6.45) is 1.40. The summed E-state index contributed by atoms with van der Waals surface area (Å²) in [6, 6.07) is 5.35. The van der Waals surface area contributed by atoms with Crippen LogP contribution in [0.4, 0.5) is 13.2 Å². The van der Waals surface area contributed by atoms with Crippen LogP contribution < -0.4 is 16.5 Å². The lowest BCUT2D eigenvalue weighted by Crippen LogP contribution is -2.43. The first-order chi connectivity index (χ1) is 16.5. The zero-order chi connectivity index (χ0) is 25.8. The van der Waals surface area contributed by atoms with Crippen molar-refractivity contribution in [2.75, 3.05) is 19.6 Å². The van der Waals surface area contributed by atoms with Gasteiger partial charge in [-0.1, -0.05) is 41.4 Å². The second-order valence-corrected chi connectivity index (χ2v) is 9.30. The zero-order valence-electron chi connectivity index (χ0n) is 18.9. The van der Waals surface area contributed by atoms with Crippen molar-refractivity contribution in [3.63, 3.8) is 0 Å². The number of carbonyl (C=O) groups is 1. The second kappa shape index (κ2) is 11.3. The highest BCUT2D eigenvalue weighted by molar-refractivity contribution is 6.42. The molecule has 1 amide bonds. The van der Waals surface area contributed by atoms with Crippen molar-refractivity contribution >= 4 is 35.3 Å². The summed E-state index contributed by atoms with van der Waals surface area (Å²) in [5.41, 5.74) is 1.14. The number of nitrogens with two attached hydrogens (primary N) is 1. The smallest absolute Gasteiger partial charge is 0.372 e. The summed E-state index contributed by atoms with van der Waals surface area (Å²) < 4.78 is 38.6. The number of likely N-dealkylation sites (tertiary alicyclic amines) is 1. The molecule has 1 fully saturated rings. The van der Waals surface area contributed by atoms with E-state index in [2.05, 4.69) is 22.3 Å². The molecule has 1 saturated heterocycles. The van der Waals surface area contributed by atoms with Crippen LogP contribution in [0, 0.1) is 5.92 Å². The molecule has 1 unspecified atom stereocenters. The number of hydrazone groups is 1. The highest BCUT2D eigenvalue weighted by Crippen LogP contribution is 2.36. The predicted octanol–water partition coefficient (Wildman–Crippen LogP) is 4.50. The Bertz CT molecular complexity index is 1100. The summed E-state index contributed by atoms with van der Waals surface area (Å²) in [6.45, 7) is 6.80. The van der Waals surface area contributed by atoms with Gasteiger partial charge in [0.15, 0.2) is 0 Å². The van der Waals surface area contributed by atoms with Crippen LogP contribution in [0.25, 0.3) is 0 Å². The largest absolute Gasteiger partial charge is 0.417 e. The SMILES string of the molecule is C=C(C)/C=C(\C=N/N)C(=O)N1C[C@H](CNC2C=CC(C(F)(F)F)=CN2)[C@@H](c2ccc(Cl)c(Cl)c2)C1. The number of hydrogen-bond acceptors (Lipinski definition) is 5. The maximum absolute atomic E-state index is 13.2. The van der Waals surface area contributed by atoms with Gasteiger partial charge in [-0.15, -0.1) is 0 Å². The van der Waals surface area contributed by atoms with Gasteiger partial charge in [0.2, 0.25) is 0 Å². The maximum Gasteiger partial charge on any atom is 0.417 e. The molecule has 0 bridgehead atoms. The van der Waals surface area contributed by atoms with Crippen LogP contribution in [0.2, 0.25) is 10.0 Å². The van der Waals surface area contributed by atoms with E-state index in [1.165, 1.54) is 12.3 Å². The molecule has 4 N–H and O–H groups in total. The van der Waals surface area contributed by atoms with E-state index in [0.29, 0.717) is 40.8 Å². The van der Waals surface area contributed by atoms with Crippen LogP contribution in [0.5, 0.6) is 0 Å². The predicted molar refractivity (Wildman–Crippen MR) is 133 cm³/mol. The fourth-order valence-electron chi connectivity index (χ4n) is 4.11. The van der Waals surface area contributed by atoms with Crippen molar-refractivity contribution in [1.29, 1.82) is 0 Å². The monoisotopic (exact) mass is 527 g/mol. The van der Waals surface area contributed by atoms with Crippen molar-refractivity contribution in [2.24, 2.45) is 16.9 Å². The number of dihydropyridines is 1. The Kier molecular flexibility index (Phi) is 8.69. The fourth-order valence-corrected chi connectivity index (χ4v) is 4.42. The van der Waals surface area contributed by atoms with Crippen molar-refractivity contribution < 1.29 is 18.0 Å². The number of hydrogen-bond donors (Lipinski definition) is 3. The molecule has 11 heteroatoms. The van der Waals surface area contributed by atoms with Gasteiger partial charge < -0.3 is 16.1 Å². The molecule has 0 saturated carbocycles. The topological polar surface area (TPSA) is 82.8 Å². The molecule has 1 aromatic rings. The summed E-state index contributed by atoms with van der Waals surface area (Å²) in [7, 11) is 0. The third-order valence-electron chi connectivity index (χ3n) is 5.78. The van der Waals surface area contributed by atoms with Crippen LogP contribution in [0.3, 0.4) is 0 Å². The lowest BCUT2D eigenvalue weighted by molar-refractivity contribution is -0.125. The third kappa shape index (κ3) is 6.90. The molecule has 0 radical (unpaired) electrons. The van der Waals surface area contributed by atoms with E-state index in [0.717, 1.165) is 17.8 Å². The van der Waals surface area contributed by atoms with E-state index in [9.17, 15) is 18.0 Å². The van der Waals surface area contributed by atoms with Gasteiger partial charge in [-0.05, 0) is 48.8 Å². The normalized spacial score (nSPS) is 22.9. The first kappa shape index (κ1) is 26.8. The van der Waals surface area contributed by atoms with Gasteiger partial charge in [0.05, 0.1) is 33.6 Å². The fraction of sp³-hybridized carbons (Fsp3) is 0.333. The second-order valence-electron chi connectivity index (χ2n) is 8.48. The van der Waals surface area contributed by atoms with Gasteiger partial charge in [-0.2, -0.15) is 18.3 Å². The Morgan fingerprint density at radius 3 is 2.66 bits per heavy atom. The molecule has 2 aliphatic rings. The zero-order valence-corrected chi connectivity index (χ0v) is 20.5. The van der Waals surface area contributed by atoms with E-state index in [1.54, 1.807) is 30.0 Å². The van der Waals surface area contributed by atoms with E-state index < -0.39 is 17.9 Å². The van der Waals surface area contributed by atoms with Gasteiger partial charge in [-0.25, -0.2) is 0 Å². The minimum Gasteiger partial charge on any atom is -0.372 e. The molecule has 2 aliphatic heterocycles. The van der Waals surface area contributed by atoms with Gasteiger partial charge in [-0.3, -0.25) is 10.1 Å². The molecule has 0 aliphatic carbocycles. The van der Waals surface area contributed by atoms with Crippen molar-refractivity contribution in [3.8, 4) is 0 Å². The van der Waals surface area contributed by atoms with Crippen LogP contribution in [0.15, 0.2) is 71.0 Å².